The lowest BCUT2D eigenvalue weighted by Gasteiger charge is -2.20. The molecule has 0 spiro atoms. The molecule has 1 fully saturated rings. The fourth-order valence-corrected chi connectivity index (χ4v) is 2.07. The van der Waals surface area contributed by atoms with Crippen LogP contribution in [0.5, 0.6) is 0 Å². The number of carbonyl (C=O) groups is 1. The SMILES string of the molecule is CCOCCCNCC(=O)N1CCCCCC1. The maximum Gasteiger partial charge on any atom is 0.236 e. The van der Waals surface area contributed by atoms with Crippen LogP contribution in [0.15, 0.2) is 0 Å². The average molecular weight is 242 g/mol. The van der Waals surface area contributed by atoms with Crippen LogP contribution in [-0.2, 0) is 9.53 Å². The minimum absolute atomic E-state index is 0.253. The van der Waals surface area contributed by atoms with Crippen molar-refractivity contribution < 1.29 is 9.53 Å². The Morgan fingerprint density at radius 3 is 2.59 bits per heavy atom. The standard InChI is InChI=1S/C13H26N2O2/c1-2-17-11-7-8-14-12-13(16)15-9-5-3-4-6-10-15/h14H,2-12H2,1H3. The van der Waals surface area contributed by atoms with Crippen LogP contribution >= 0.6 is 0 Å². The lowest BCUT2D eigenvalue weighted by molar-refractivity contribution is -0.130. The summed E-state index contributed by atoms with van der Waals surface area (Å²) < 4.78 is 5.24. The largest absolute Gasteiger partial charge is 0.382 e. The lowest BCUT2D eigenvalue weighted by atomic mass is 10.2. The summed E-state index contributed by atoms with van der Waals surface area (Å²) in [7, 11) is 0. The predicted molar refractivity (Wildman–Crippen MR) is 69.0 cm³/mol. The van der Waals surface area contributed by atoms with Gasteiger partial charge in [-0.1, -0.05) is 12.8 Å². The van der Waals surface area contributed by atoms with Crippen molar-refractivity contribution in [2.75, 3.05) is 39.4 Å². The molecule has 4 nitrogen and oxygen atoms in total. The van der Waals surface area contributed by atoms with Gasteiger partial charge >= 0.3 is 0 Å². The quantitative estimate of drug-likeness (QED) is 0.686. The van der Waals surface area contributed by atoms with Crippen molar-refractivity contribution in [3.05, 3.63) is 0 Å². The van der Waals surface area contributed by atoms with Gasteiger partial charge in [0.1, 0.15) is 0 Å². The highest BCUT2D eigenvalue weighted by Crippen LogP contribution is 2.09. The number of likely N-dealkylation sites (tertiary alicyclic amines) is 1. The lowest BCUT2D eigenvalue weighted by Crippen LogP contribution is -2.39. The molecule has 0 bridgehead atoms. The van der Waals surface area contributed by atoms with E-state index in [0.717, 1.165) is 52.1 Å². The average Bonchev–Trinajstić information content (AvgIpc) is 2.62. The first kappa shape index (κ1) is 14.5. The Hall–Kier alpha value is -0.610. The van der Waals surface area contributed by atoms with E-state index < -0.39 is 0 Å². The van der Waals surface area contributed by atoms with E-state index in [1.165, 1.54) is 12.8 Å². The highest BCUT2D eigenvalue weighted by atomic mass is 16.5. The monoisotopic (exact) mass is 242 g/mol. The summed E-state index contributed by atoms with van der Waals surface area (Å²) in [6, 6.07) is 0. The summed E-state index contributed by atoms with van der Waals surface area (Å²) in [5, 5.41) is 3.19. The Bertz CT molecular complexity index is 202. The molecule has 1 saturated heterocycles. The van der Waals surface area contributed by atoms with E-state index in [-0.39, 0.29) is 5.91 Å². The minimum Gasteiger partial charge on any atom is -0.382 e. The van der Waals surface area contributed by atoms with Crippen LogP contribution in [0, 0.1) is 0 Å². The summed E-state index contributed by atoms with van der Waals surface area (Å²) >= 11 is 0. The molecule has 17 heavy (non-hydrogen) atoms. The number of ether oxygens (including phenoxy) is 1. The van der Waals surface area contributed by atoms with Gasteiger partial charge in [-0.25, -0.2) is 0 Å². The Morgan fingerprint density at radius 2 is 1.94 bits per heavy atom. The summed E-state index contributed by atoms with van der Waals surface area (Å²) in [6.45, 7) is 6.77. The second-order valence-corrected chi connectivity index (χ2v) is 4.52. The summed E-state index contributed by atoms with van der Waals surface area (Å²) in [4.78, 5) is 13.9. The molecular weight excluding hydrogens is 216 g/mol. The molecule has 0 aromatic rings. The molecule has 0 atom stereocenters. The summed E-state index contributed by atoms with van der Waals surface area (Å²) in [5.74, 6) is 0.253. The van der Waals surface area contributed by atoms with Crippen molar-refractivity contribution in [2.45, 2.75) is 39.0 Å². The number of carbonyl (C=O) groups excluding carboxylic acids is 1. The van der Waals surface area contributed by atoms with Crippen molar-refractivity contribution in [2.24, 2.45) is 0 Å². The first-order chi connectivity index (χ1) is 8.34. The van der Waals surface area contributed by atoms with E-state index in [2.05, 4.69) is 5.32 Å². The van der Waals surface area contributed by atoms with Gasteiger partial charge in [-0.3, -0.25) is 4.79 Å². The minimum atomic E-state index is 0.253. The third-order valence-corrected chi connectivity index (χ3v) is 3.08. The zero-order valence-electron chi connectivity index (χ0n) is 11.0. The van der Waals surface area contributed by atoms with E-state index in [1.807, 2.05) is 11.8 Å². The van der Waals surface area contributed by atoms with Gasteiger partial charge in [-0.2, -0.15) is 0 Å². The van der Waals surface area contributed by atoms with Gasteiger partial charge in [0.25, 0.3) is 0 Å². The van der Waals surface area contributed by atoms with Crippen molar-refractivity contribution in [3.63, 3.8) is 0 Å². The van der Waals surface area contributed by atoms with Gasteiger partial charge in [-0.05, 0) is 32.7 Å². The van der Waals surface area contributed by atoms with Crippen LogP contribution < -0.4 is 5.32 Å². The van der Waals surface area contributed by atoms with Gasteiger partial charge in [0.15, 0.2) is 0 Å². The van der Waals surface area contributed by atoms with E-state index in [9.17, 15) is 4.79 Å². The topological polar surface area (TPSA) is 41.6 Å². The molecule has 0 saturated carbocycles. The van der Waals surface area contributed by atoms with Crippen LogP contribution in [-0.4, -0.2) is 50.2 Å². The molecule has 1 aliphatic heterocycles. The van der Waals surface area contributed by atoms with E-state index in [4.69, 9.17) is 4.74 Å². The fourth-order valence-electron chi connectivity index (χ4n) is 2.07. The Balaban J connectivity index is 2.03. The smallest absolute Gasteiger partial charge is 0.236 e. The second kappa shape index (κ2) is 9.42. The molecule has 1 N–H and O–H groups in total. The maximum absolute atomic E-state index is 11.9. The second-order valence-electron chi connectivity index (χ2n) is 4.52. The number of nitrogens with one attached hydrogen (secondary N) is 1. The third kappa shape index (κ3) is 6.64. The van der Waals surface area contributed by atoms with Crippen LogP contribution in [0.1, 0.15) is 39.0 Å². The number of rotatable bonds is 7. The molecular formula is C13H26N2O2. The van der Waals surface area contributed by atoms with Gasteiger partial charge in [0.05, 0.1) is 6.54 Å². The molecule has 0 aliphatic carbocycles. The van der Waals surface area contributed by atoms with Crippen LogP contribution in [0.4, 0.5) is 0 Å². The number of nitrogens with zero attached hydrogens (tertiary/aromatic N) is 1. The normalized spacial score (nSPS) is 16.9. The Kier molecular flexibility index (Phi) is 8.01. The van der Waals surface area contributed by atoms with Crippen molar-refractivity contribution in [1.82, 2.24) is 10.2 Å². The number of amides is 1. The molecule has 0 unspecified atom stereocenters. The number of hydrogen-bond acceptors (Lipinski definition) is 3. The van der Waals surface area contributed by atoms with E-state index in [1.54, 1.807) is 0 Å². The first-order valence-electron chi connectivity index (χ1n) is 6.91. The molecule has 4 heteroatoms. The van der Waals surface area contributed by atoms with Crippen molar-refractivity contribution in [3.8, 4) is 0 Å². The molecule has 0 aromatic heterocycles. The van der Waals surface area contributed by atoms with Gasteiger partial charge in [0.2, 0.25) is 5.91 Å². The highest BCUT2D eigenvalue weighted by molar-refractivity contribution is 5.78. The zero-order valence-corrected chi connectivity index (χ0v) is 11.0. The van der Waals surface area contributed by atoms with Crippen LogP contribution in [0.2, 0.25) is 0 Å². The Morgan fingerprint density at radius 1 is 1.24 bits per heavy atom. The molecule has 0 aromatic carbocycles. The molecule has 100 valence electrons. The molecule has 1 aliphatic rings. The first-order valence-corrected chi connectivity index (χ1v) is 6.91. The fraction of sp³-hybridized carbons (Fsp3) is 0.923. The van der Waals surface area contributed by atoms with E-state index in [0.29, 0.717) is 6.54 Å². The van der Waals surface area contributed by atoms with E-state index >= 15 is 0 Å². The molecule has 1 rings (SSSR count). The zero-order chi connectivity index (χ0) is 12.3. The maximum atomic E-state index is 11.9. The van der Waals surface area contributed by atoms with Crippen molar-refractivity contribution >= 4 is 5.91 Å². The van der Waals surface area contributed by atoms with Crippen molar-refractivity contribution in [1.29, 1.82) is 0 Å². The molecule has 0 radical (unpaired) electrons. The predicted octanol–water partition coefficient (Wildman–Crippen LogP) is 1.41. The van der Waals surface area contributed by atoms with Gasteiger partial charge in [0, 0.05) is 26.3 Å². The van der Waals surface area contributed by atoms with Gasteiger partial charge in [-0.15, -0.1) is 0 Å². The third-order valence-electron chi connectivity index (χ3n) is 3.08. The van der Waals surface area contributed by atoms with Gasteiger partial charge < -0.3 is 15.0 Å². The summed E-state index contributed by atoms with van der Waals surface area (Å²) in [6.07, 6.45) is 5.84. The molecule has 1 heterocycles. The number of hydrogen-bond donors (Lipinski definition) is 1. The highest BCUT2D eigenvalue weighted by Gasteiger charge is 2.14. The van der Waals surface area contributed by atoms with Crippen LogP contribution in [0.25, 0.3) is 0 Å². The van der Waals surface area contributed by atoms with Crippen LogP contribution in [0.3, 0.4) is 0 Å². The molecule has 1 amide bonds. The summed E-state index contributed by atoms with van der Waals surface area (Å²) in [5.41, 5.74) is 0. The Labute approximate surface area is 105 Å².